The maximum Gasteiger partial charge on any atom is 0.250 e. The summed E-state index contributed by atoms with van der Waals surface area (Å²) in [6.07, 6.45) is 2.25. The van der Waals surface area contributed by atoms with Crippen molar-refractivity contribution in [2.24, 2.45) is 0 Å². The number of aliphatic hydroxyl groups excluding tert-OH is 1. The first-order valence-corrected chi connectivity index (χ1v) is 8.29. The van der Waals surface area contributed by atoms with E-state index in [1.54, 1.807) is 6.92 Å². The molecule has 0 saturated carbocycles. The maximum absolute atomic E-state index is 11.9. The molecule has 2 aromatic rings. The van der Waals surface area contributed by atoms with Crippen LogP contribution in [0.3, 0.4) is 0 Å². The summed E-state index contributed by atoms with van der Waals surface area (Å²) in [5.41, 5.74) is 2.04. The van der Waals surface area contributed by atoms with Gasteiger partial charge in [0, 0.05) is 12.7 Å². The van der Waals surface area contributed by atoms with Crippen LogP contribution in [0.2, 0.25) is 0 Å². The number of carbonyl (C=O) groups excluding carboxylic acids is 1. The Labute approximate surface area is 139 Å². The van der Waals surface area contributed by atoms with Gasteiger partial charge in [0.1, 0.15) is 0 Å². The molecule has 0 bridgehead atoms. The smallest absolute Gasteiger partial charge is 0.250 e. The molecular formula is C17H20N2O3S. The van der Waals surface area contributed by atoms with E-state index in [2.05, 4.69) is 10.3 Å². The summed E-state index contributed by atoms with van der Waals surface area (Å²) in [4.78, 5) is 17.4. The molecule has 0 spiro atoms. The molecular weight excluding hydrogens is 312 g/mol. The third-order valence-corrected chi connectivity index (χ3v) is 4.11. The Hall–Kier alpha value is -2.02. The molecule has 23 heavy (non-hydrogen) atoms. The number of hydrogen-bond donors (Lipinski definition) is 2. The second-order valence-electron chi connectivity index (χ2n) is 4.71. The van der Waals surface area contributed by atoms with Crippen LogP contribution in [0.4, 0.5) is 5.13 Å². The number of rotatable bonds is 7. The normalized spacial score (nSPS) is 12.5. The highest BCUT2D eigenvalue weighted by atomic mass is 32.1. The predicted octanol–water partition coefficient (Wildman–Crippen LogP) is 3.22. The number of thiazole rings is 1. The molecule has 1 atom stereocenters. The lowest BCUT2D eigenvalue weighted by atomic mass is 10.1. The highest BCUT2D eigenvalue weighted by molar-refractivity contribution is 7.19. The second kappa shape index (κ2) is 8.57. The zero-order chi connectivity index (χ0) is 16.7. The van der Waals surface area contributed by atoms with Gasteiger partial charge in [-0.25, -0.2) is 4.98 Å². The van der Waals surface area contributed by atoms with Gasteiger partial charge >= 0.3 is 0 Å². The summed E-state index contributed by atoms with van der Waals surface area (Å²) < 4.78 is 4.92. The fourth-order valence-electron chi connectivity index (χ4n) is 2.00. The Morgan fingerprint density at radius 3 is 2.78 bits per heavy atom. The van der Waals surface area contributed by atoms with E-state index in [0.717, 1.165) is 22.6 Å². The molecule has 2 N–H and O–H groups in total. The van der Waals surface area contributed by atoms with E-state index >= 15 is 0 Å². The summed E-state index contributed by atoms with van der Waals surface area (Å²) in [6.45, 7) is 4.18. The molecule has 0 radical (unpaired) electrons. The van der Waals surface area contributed by atoms with E-state index in [4.69, 9.17) is 4.74 Å². The summed E-state index contributed by atoms with van der Waals surface area (Å²) in [7, 11) is 0. The third-order valence-electron chi connectivity index (χ3n) is 3.05. The summed E-state index contributed by atoms with van der Waals surface area (Å²) >= 11 is 1.44. The average molecular weight is 332 g/mol. The first-order chi connectivity index (χ1) is 11.1. The van der Waals surface area contributed by atoms with Crippen molar-refractivity contribution in [2.45, 2.75) is 26.6 Å². The van der Waals surface area contributed by atoms with Crippen molar-refractivity contribution in [3.8, 4) is 10.4 Å². The minimum atomic E-state index is -1.08. The Morgan fingerprint density at radius 1 is 1.39 bits per heavy atom. The van der Waals surface area contributed by atoms with Crippen LogP contribution in [-0.4, -0.2) is 28.9 Å². The third kappa shape index (κ3) is 4.99. The first kappa shape index (κ1) is 17.3. The zero-order valence-corrected chi connectivity index (χ0v) is 14.0. The van der Waals surface area contributed by atoms with E-state index < -0.39 is 6.29 Å². The quantitative estimate of drug-likeness (QED) is 0.603. The number of nitrogens with zero attached hydrogens (tertiary/aromatic N) is 1. The van der Waals surface area contributed by atoms with Gasteiger partial charge < -0.3 is 9.84 Å². The minimum Gasteiger partial charge on any atom is -0.365 e. The number of benzene rings is 1. The molecule has 2 rings (SSSR count). The van der Waals surface area contributed by atoms with E-state index in [1.807, 2.05) is 37.3 Å². The number of aromatic nitrogens is 1. The monoisotopic (exact) mass is 332 g/mol. The van der Waals surface area contributed by atoms with Crippen LogP contribution in [0.5, 0.6) is 0 Å². The molecule has 1 aromatic carbocycles. The Bertz CT molecular complexity index is 668. The van der Waals surface area contributed by atoms with Crippen LogP contribution in [0.15, 0.2) is 42.5 Å². The predicted molar refractivity (Wildman–Crippen MR) is 92.3 cm³/mol. The number of aryl methyl sites for hydroxylation is 1. The molecule has 1 aromatic heterocycles. The van der Waals surface area contributed by atoms with Gasteiger partial charge in [-0.05, 0) is 25.0 Å². The van der Waals surface area contributed by atoms with Gasteiger partial charge in [0.15, 0.2) is 11.4 Å². The van der Waals surface area contributed by atoms with Crippen molar-refractivity contribution in [1.82, 2.24) is 4.98 Å². The highest BCUT2D eigenvalue weighted by Crippen LogP contribution is 2.33. The topological polar surface area (TPSA) is 71.5 Å². The molecule has 1 unspecified atom stereocenters. The number of amides is 1. The van der Waals surface area contributed by atoms with Crippen molar-refractivity contribution in [2.75, 3.05) is 11.9 Å². The van der Waals surface area contributed by atoms with E-state index in [-0.39, 0.29) is 5.91 Å². The van der Waals surface area contributed by atoms with Crippen molar-refractivity contribution < 1.29 is 14.6 Å². The SMILES string of the molecule is CCOC(O)/C=C/C(=O)Nc1nc(CC)c(-c2ccccc2)s1. The van der Waals surface area contributed by atoms with Crippen molar-refractivity contribution in [1.29, 1.82) is 0 Å². The molecule has 1 heterocycles. The summed E-state index contributed by atoms with van der Waals surface area (Å²) in [6, 6.07) is 9.97. The summed E-state index contributed by atoms with van der Waals surface area (Å²) in [5, 5.41) is 12.7. The number of anilines is 1. The molecule has 0 fully saturated rings. The van der Waals surface area contributed by atoms with Gasteiger partial charge in [0.2, 0.25) is 5.91 Å². The van der Waals surface area contributed by atoms with Gasteiger partial charge in [0.25, 0.3) is 0 Å². The zero-order valence-electron chi connectivity index (χ0n) is 13.2. The maximum atomic E-state index is 11.9. The van der Waals surface area contributed by atoms with E-state index in [1.165, 1.54) is 23.5 Å². The van der Waals surface area contributed by atoms with Crippen molar-refractivity contribution >= 4 is 22.4 Å². The number of aliphatic hydroxyl groups is 1. The molecule has 6 heteroatoms. The van der Waals surface area contributed by atoms with Gasteiger partial charge in [-0.1, -0.05) is 48.6 Å². The second-order valence-corrected chi connectivity index (χ2v) is 5.71. The lowest BCUT2D eigenvalue weighted by molar-refractivity contribution is -0.112. The Kier molecular flexibility index (Phi) is 6.46. The molecule has 0 aliphatic carbocycles. The van der Waals surface area contributed by atoms with E-state index in [0.29, 0.717) is 11.7 Å². The van der Waals surface area contributed by atoms with Crippen LogP contribution in [0.25, 0.3) is 10.4 Å². The van der Waals surface area contributed by atoms with E-state index in [9.17, 15) is 9.90 Å². The van der Waals surface area contributed by atoms with Gasteiger partial charge in [-0.15, -0.1) is 0 Å². The molecule has 1 amide bonds. The first-order valence-electron chi connectivity index (χ1n) is 7.48. The number of ether oxygens (including phenoxy) is 1. The number of carbonyl (C=O) groups is 1. The molecule has 0 saturated heterocycles. The van der Waals surface area contributed by atoms with Crippen molar-refractivity contribution in [3.63, 3.8) is 0 Å². The van der Waals surface area contributed by atoms with Crippen LogP contribution < -0.4 is 5.32 Å². The lowest BCUT2D eigenvalue weighted by Crippen LogP contribution is -2.12. The molecule has 0 aliphatic rings. The fraction of sp³-hybridized carbons (Fsp3) is 0.294. The highest BCUT2D eigenvalue weighted by Gasteiger charge is 2.12. The number of nitrogens with one attached hydrogen (secondary N) is 1. The lowest BCUT2D eigenvalue weighted by Gasteiger charge is -2.03. The number of hydrogen-bond acceptors (Lipinski definition) is 5. The molecule has 5 nitrogen and oxygen atoms in total. The standard InChI is InChI=1S/C17H20N2O3S/c1-3-13-16(12-8-6-5-7-9-12)23-17(18-13)19-14(20)10-11-15(21)22-4-2/h5-11,15,21H,3-4H2,1-2H3,(H,18,19,20)/b11-10+. The van der Waals surface area contributed by atoms with Crippen LogP contribution in [0.1, 0.15) is 19.5 Å². The Morgan fingerprint density at radius 2 is 2.13 bits per heavy atom. The largest absolute Gasteiger partial charge is 0.365 e. The van der Waals surface area contributed by atoms with Gasteiger partial charge in [0.05, 0.1) is 10.6 Å². The minimum absolute atomic E-state index is 0.347. The van der Waals surface area contributed by atoms with Gasteiger partial charge in [-0.2, -0.15) is 0 Å². The average Bonchev–Trinajstić information content (AvgIpc) is 2.97. The molecule has 0 aliphatic heterocycles. The van der Waals surface area contributed by atoms with Crippen molar-refractivity contribution in [3.05, 3.63) is 48.2 Å². The van der Waals surface area contributed by atoms with Gasteiger partial charge in [-0.3, -0.25) is 10.1 Å². The van der Waals surface area contributed by atoms with Crippen LogP contribution in [0, 0.1) is 0 Å². The Balaban J connectivity index is 2.09. The van der Waals surface area contributed by atoms with Crippen LogP contribution >= 0.6 is 11.3 Å². The fourth-order valence-corrected chi connectivity index (χ4v) is 3.07. The summed E-state index contributed by atoms with van der Waals surface area (Å²) in [5.74, 6) is -0.347. The molecule has 122 valence electrons. The van der Waals surface area contributed by atoms with Crippen LogP contribution in [-0.2, 0) is 16.0 Å².